The number of nitrogens with one attached hydrogen (secondary N) is 1. The number of benzene rings is 1. The van der Waals surface area contributed by atoms with Crippen LogP contribution in [0.3, 0.4) is 0 Å². The molecule has 0 unspecified atom stereocenters. The molecule has 1 heterocycles. The molecule has 0 aliphatic rings. The van der Waals surface area contributed by atoms with Gasteiger partial charge in [-0.25, -0.2) is 9.37 Å². The second-order valence-corrected chi connectivity index (χ2v) is 5.29. The molecular formula is C13H13FN2OS. The van der Waals surface area contributed by atoms with Crippen molar-refractivity contribution in [3.63, 3.8) is 0 Å². The summed E-state index contributed by atoms with van der Waals surface area (Å²) in [7, 11) is 0. The van der Waals surface area contributed by atoms with Gasteiger partial charge in [-0.05, 0) is 26.0 Å². The fraction of sp³-hybridized carbons (Fsp3) is 0.231. The topological polar surface area (TPSA) is 42.0 Å². The molecule has 1 aromatic carbocycles. The summed E-state index contributed by atoms with van der Waals surface area (Å²) in [6.07, 6.45) is 1.68. The van der Waals surface area contributed by atoms with Crippen LogP contribution in [-0.4, -0.2) is 10.9 Å². The van der Waals surface area contributed by atoms with Crippen LogP contribution in [-0.2, 0) is 5.54 Å². The Labute approximate surface area is 109 Å². The van der Waals surface area contributed by atoms with Crippen molar-refractivity contribution < 1.29 is 9.18 Å². The number of carbonyl (C=O) groups excluding carboxylic acids is 1. The number of thiazole rings is 1. The highest BCUT2D eigenvalue weighted by Crippen LogP contribution is 2.22. The average Bonchev–Trinajstić information content (AvgIpc) is 2.82. The van der Waals surface area contributed by atoms with Gasteiger partial charge in [0.05, 0.1) is 11.1 Å². The Morgan fingerprint density at radius 1 is 1.39 bits per heavy atom. The molecule has 1 amide bonds. The molecule has 94 valence electrons. The second kappa shape index (κ2) is 4.86. The van der Waals surface area contributed by atoms with E-state index in [4.69, 9.17) is 0 Å². The number of halogens is 1. The van der Waals surface area contributed by atoms with Gasteiger partial charge in [-0.15, -0.1) is 11.3 Å². The van der Waals surface area contributed by atoms with Crippen LogP contribution in [0.5, 0.6) is 0 Å². The maximum atomic E-state index is 13.5. The fourth-order valence-corrected chi connectivity index (χ4v) is 2.30. The van der Waals surface area contributed by atoms with Gasteiger partial charge in [0.15, 0.2) is 0 Å². The van der Waals surface area contributed by atoms with Crippen LogP contribution in [0.1, 0.15) is 29.2 Å². The molecule has 0 atom stereocenters. The zero-order valence-electron chi connectivity index (χ0n) is 10.1. The largest absolute Gasteiger partial charge is 0.341 e. The van der Waals surface area contributed by atoms with E-state index in [0.29, 0.717) is 0 Å². The van der Waals surface area contributed by atoms with Crippen molar-refractivity contribution in [3.8, 4) is 0 Å². The first-order valence-electron chi connectivity index (χ1n) is 5.48. The quantitative estimate of drug-likeness (QED) is 0.926. The summed E-state index contributed by atoms with van der Waals surface area (Å²) in [5, 5.41) is 5.41. The minimum Gasteiger partial charge on any atom is -0.341 e. The van der Waals surface area contributed by atoms with Crippen molar-refractivity contribution >= 4 is 17.2 Å². The van der Waals surface area contributed by atoms with Crippen molar-refractivity contribution in [2.75, 3.05) is 0 Å². The van der Waals surface area contributed by atoms with Crippen LogP contribution in [0.25, 0.3) is 0 Å². The summed E-state index contributed by atoms with van der Waals surface area (Å²) < 4.78 is 13.5. The highest BCUT2D eigenvalue weighted by Gasteiger charge is 2.26. The first-order valence-corrected chi connectivity index (χ1v) is 6.36. The van der Waals surface area contributed by atoms with Gasteiger partial charge in [0.25, 0.3) is 5.91 Å². The molecule has 0 saturated carbocycles. The van der Waals surface area contributed by atoms with E-state index in [2.05, 4.69) is 10.3 Å². The molecule has 1 N–H and O–H groups in total. The monoisotopic (exact) mass is 264 g/mol. The Hall–Kier alpha value is -1.75. The van der Waals surface area contributed by atoms with Gasteiger partial charge in [0, 0.05) is 11.6 Å². The first-order chi connectivity index (χ1) is 8.50. The minimum absolute atomic E-state index is 0.0436. The van der Waals surface area contributed by atoms with E-state index in [-0.39, 0.29) is 5.56 Å². The van der Waals surface area contributed by atoms with Crippen molar-refractivity contribution in [2.45, 2.75) is 19.4 Å². The maximum Gasteiger partial charge on any atom is 0.255 e. The van der Waals surface area contributed by atoms with Crippen LogP contribution in [0, 0.1) is 5.82 Å². The summed E-state index contributed by atoms with van der Waals surface area (Å²) in [4.78, 5) is 16.2. The minimum atomic E-state index is -0.618. The van der Waals surface area contributed by atoms with E-state index in [1.54, 1.807) is 18.3 Å². The van der Waals surface area contributed by atoms with E-state index < -0.39 is 17.3 Å². The van der Waals surface area contributed by atoms with E-state index in [0.717, 1.165) is 5.01 Å². The maximum absolute atomic E-state index is 13.5. The smallest absolute Gasteiger partial charge is 0.255 e. The Bertz CT molecular complexity index is 552. The van der Waals surface area contributed by atoms with Gasteiger partial charge >= 0.3 is 0 Å². The van der Waals surface area contributed by atoms with Crippen LogP contribution in [0.2, 0.25) is 0 Å². The van der Waals surface area contributed by atoms with Crippen molar-refractivity contribution in [2.24, 2.45) is 0 Å². The van der Waals surface area contributed by atoms with Crippen molar-refractivity contribution in [1.29, 1.82) is 0 Å². The van der Waals surface area contributed by atoms with Crippen molar-refractivity contribution in [3.05, 3.63) is 52.2 Å². The lowest BCUT2D eigenvalue weighted by molar-refractivity contribution is 0.0908. The zero-order valence-corrected chi connectivity index (χ0v) is 10.9. The van der Waals surface area contributed by atoms with Gasteiger partial charge in [0.2, 0.25) is 0 Å². The number of rotatable bonds is 3. The summed E-state index contributed by atoms with van der Waals surface area (Å²) in [6.45, 7) is 3.68. The number of carbonyl (C=O) groups is 1. The van der Waals surface area contributed by atoms with Gasteiger partial charge in [-0.2, -0.15) is 0 Å². The van der Waals surface area contributed by atoms with Crippen LogP contribution in [0.15, 0.2) is 35.8 Å². The number of hydrogen-bond donors (Lipinski definition) is 1. The molecule has 0 saturated heterocycles. The van der Waals surface area contributed by atoms with Crippen molar-refractivity contribution in [1.82, 2.24) is 10.3 Å². The predicted octanol–water partition coefficient (Wildman–Crippen LogP) is 2.95. The molecule has 5 heteroatoms. The third-order valence-electron chi connectivity index (χ3n) is 2.51. The molecule has 18 heavy (non-hydrogen) atoms. The molecule has 0 aliphatic carbocycles. The molecule has 1 aromatic heterocycles. The molecular weight excluding hydrogens is 251 g/mol. The Kier molecular flexibility index (Phi) is 3.43. The molecule has 2 rings (SSSR count). The predicted molar refractivity (Wildman–Crippen MR) is 69.0 cm³/mol. The van der Waals surface area contributed by atoms with E-state index in [1.165, 1.54) is 23.5 Å². The SMILES string of the molecule is CC(C)(NC(=O)c1ccccc1F)c1nccs1. The van der Waals surface area contributed by atoms with Gasteiger partial charge in [-0.3, -0.25) is 4.79 Å². The molecule has 3 nitrogen and oxygen atoms in total. The van der Waals surface area contributed by atoms with E-state index >= 15 is 0 Å². The second-order valence-electron chi connectivity index (χ2n) is 4.40. The molecule has 0 fully saturated rings. The molecule has 0 radical (unpaired) electrons. The number of nitrogens with zero attached hydrogens (tertiary/aromatic N) is 1. The van der Waals surface area contributed by atoms with Crippen LogP contribution < -0.4 is 5.32 Å². The number of amides is 1. The van der Waals surface area contributed by atoms with Gasteiger partial charge in [0.1, 0.15) is 10.8 Å². The highest BCUT2D eigenvalue weighted by molar-refractivity contribution is 7.09. The third-order valence-corrected chi connectivity index (χ3v) is 3.61. The first kappa shape index (κ1) is 12.7. The van der Waals surface area contributed by atoms with E-state index in [9.17, 15) is 9.18 Å². The molecule has 2 aromatic rings. The summed E-state index contributed by atoms with van der Waals surface area (Å²) in [5.41, 5.74) is -0.574. The van der Waals surface area contributed by atoms with Gasteiger partial charge < -0.3 is 5.32 Å². The number of hydrogen-bond acceptors (Lipinski definition) is 3. The Morgan fingerprint density at radius 2 is 2.11 bits per heavy atom. The lowest BCUT2D eigenvalue weighted by Gasteiger charge is -2.23. The summed E-state index contributed by atoms with van der Waals surface area (Å²) >= 11 is 1.45. The zero-order chi connectivity index (χ0) is 13.2. The number of aromatic nitrogens is 1. The molecule has 0 bridgehead atoms. The standard InChI is InChI=1S/C13H13FN2OS/c1-13(2,12-15-7-8-18-12)16-11(17)9-5-3-4-6-10(9)14/h3-8H,1-2H3,(H,16,17). The Balaban J connectivity index is 2.20. The van der Waals surface area contributed by atoms with Crippen LogP contribution in [0.4, 0.5) is 4.39 Å². The third kappa shape index (κ3) is 2.56. The summed E-state index contributed by atoms with van der Waals surface area (Å²) in [6, 6.07) is 5.92. The lowest BCUT2D eigenvalue weighted by atomic mass is 10.1. The average molecular weight is 264 g/mol. The van der Waals surface area contributed by atoms with Gasteiger partial charge in [-0.1, -0.05) is 12.1 Å². The van der Waals surface area contributed by atoms with E-state index in [1.807, 2.05) is 19.2 Å². The lowest BCUT2D eigenvalue weighted by Crippen LogP contribution is -2.41. The fourth-order valence-electron chi connectivity index (χ4n) is 1.58. The van der Waals surface area contributed by atoms with Crippen LogP contribution >= 0.6 is 11.3 Å². The highest BCUT2D eigenvalue weighted by atomic mass is 32.1. The Morgan fingerprint density at radius 3 is 2.72 bits per heavy atom. The molecule has 0 aliphatic heterocycles. The molecule has 0 spiro atoms. The summed E-state index contributed by atoms with van der Waals surface area (Å²) in [5.74, 6) is -0.960. The normalized spacial score (nSPS) is 11.3.